The molecule has 2 unspecified atom stereocenters. The van der Waals surface area contributed by atoms with E-state index in [4.69, 9.17) is 5.21 Å². The van der Waals surface area contributed by atoms with Gasteiger partial charge in [-0.1, -0.05) is 31.2 Å². The van der Waals surface area contributed by atoms with Gasteiger partial charge in [-0.25, -0.2) is 4.68 Å². The number of nitrogens with zero attached hydrogens (tertiary/aromatic N) is 4. The Balaban J connectivity index is 1.64. The van der Waals surface area contributed by atoms with Crippen molar-refractivity contribution in [3.63, 3.8) is 0 Å². The number of benzene rings is 1. The maximum Gasteiger partial charge on any atom is 0.118 e. The average molecular weight is 338 g/mol. The van der Waals surface area contributed by atoms with Crippen LogP contribution in [0, 0.1) is 11.3 Å². The number of para-hydroxylation sites is 1. The van der Waals surface area contributed by atoms with Crippen LogP contribution < -0.4 is 0 Å². The van der Waals surface area contributed by atoms with Crippen LogP contribution >= 0.6 is 0 Å². The van der Waals surface area contributed by atoms with Crippen molar-refractivity contribution in [3.8, 4) is 0 Å². The highest BCUT2D eigenvalue weighted by molar-refractivity contribution is 5.74. The van der Waals surface area contributed by atoms with E-state index in [0.717, 1.165) is 11.4 Å². The topological polar surface area (TPSA) is 34.0 Å². The summed E-state index contributed by atoms with van der Waals surface area (Å²) in [7, 11) is 0. The lowest BCUT2D eigenvalue weighted by Crippen LogP contribution is -2.57. The maximum atomic E-state index is 4.70. The summed E-state index contributed by atoms with van der Waals surface area (Å²) < 4.78 is 2.30. The standard InChI is InChI=1S/C21H30N4/c1-19(2)12-16-13-20(3,15-19)24(14-16)21(10-6-7-11-21)25-18-9-5-4-8-17(18)22-23-25/h4-5,8-9,16H,6-7,10-15H2,1-3H3. The molecule has 0 amide bonds. The van der Waals surface area contributed by atoms with Crippen molar-refractivity contribution >= 4 is 11.0 Å². The van der Waals surface area contributed by atoms with E-state index in [-0.39, 0.29) is 5.66 Å². The van der Waals surface area contributed by atoms with E-state index in [2.05, 4.69) is 59.7 Å². The Morgan fingerprint density at radius 1 is 1.04 bits per heavy atom. The van der Waals surface area contributed by atoms with Crippen LogP contribution in [0.1, 0.15) is 65.7 Å². The molecule has 4 heteroatoms. The molecule has 25 heavy (non-hydrogen) atoms. The van der Waals surface area contributed by atoms with Crippen molar-refractivity contribution in [1.82, 2.24) is 19.9 Å². The van der Waals surface area contributed by atoms with E-state index < -0.39 is 0 Å². The zero-order valence-corrected chi connectivity index (χ0v) is 15.8. The predicted octanol–water partition coefficient (Wildman–Crippen LogP) is 4.56. The third-order valence-electron chi connectivity index (χ3n) is 7.17. The van der Waals surface area contributed by atoms with Gasteiger partial charge < -0.3 is 0 Å². The fraction of sp³-hybridized carbons (Fsp3) is 0.714. The third-order valence-corrected chi connectivity index (χ3v) is 7.17. The molecule has 2 atom stereocenters. The lowest BCUT2D eigenvalue weighted by Gasteiger charge is -2.50. The van der Waals surface area contributed by atoms with Crippen molar-refractivity contribution < 1.29 is 0 Å². The minimum atomic E-state index is 0.0278. The van der Waals surface area contributed by atoms with Gasteiger partial charge >= 0.3 is 0 Å². The van der Waals surface area contributed by atoms with Crippen LogP contribution in [-0.4, -0.2) is 32.0 Å². The summed E-state index contributed by atoms with van der Waals surface area (Å²) in [4.78, 5) is 2.87. The van der Waals surface area contributed by atoms with Crippen molar-refractivity contribution in [2.75, 3.05) is 6.54 Å². The molecule has 0 N–H and O–H groups in total. The van der Waals surface area contributed by atoms with Gasteiger partial charge in [-0.3, -0.25) is 4.90 Å². The Hall–Kier alpha value is -1.42. The Morgan fingerprint density at radius 2 is 1.80 bits per heavy atom. The third kappa shape index (κ3) is 2.22. The summed E-state index contributed by atoms with van der Waals surface area (Å²) in [5, 5.41) is 9.20. The molecule has 2 aromatic rings. The van der Waals surface area contributed by atoms with Crippen LogP contribution in [-0.2, 0) is 5.66 Å². The lowest BCUT2D eigenvalue weighted by molar-refractivity contribution is -0.0529. The fourth-order valence-corrected chi connectivity index (χ4v) is 6.85. The van der Waals surface area contributed by atoms with Gasteiger partial charge in [0.2, 0.25) is 0 Å². The van der Waals surface area contributed by atoms with E-state index in [1.807, 2.05) is 0 Å². The Bertz CT molecular complexity index is 801. The molecule has 1 saturated heterocycles. The number of aromatic nitrogens is 3. The van der Waals surface area contributed by atoms with E-state index in [1.54, 1.807) is 0 Å². The lowest BCUT2D eigenvalue weighted by atomic mass is 9.67. The van der Waals surface area contributed by atoms with Crippen LogP contribution in [0.3, 0.4) is 0 Å². The van der Waals surface area contributed by atoms with Crippen molar-refractivity contribution in [2.24, 2.45) is 11.3 Å². The van der Waals surface area contributed by atoms with Gasteiger partial charge in [-0.05, 0) is 75.3 Å². The SMILES string of the molecule is CC1(C)CC2CN(C3(n4nnc5ccccc54)CCCC3)C(C)(C2)C1. The molecule has 3 fully saturated rings. The number of fused-ring (bicyclic) bond motifs is 3. The summed E-state index contributed by atoms with van der Waals surface area (Å²) in [5.41, 5.74) is 3.01. The minimum absolute atomic E-state index is 0.0278. The van der Waals surface area contributed by atoms with E-state index in [0.29, 0.717) is 11.0 Å². The van der Waals surface area contributed by atoms with Crippen LogP contribution in [0.5, 0.6) is 0 Å². The zero-order valence-electron chi connectivity index (χ0n) is 15.8. The van der Waals surface area contributed by atoms with E-state index in [1.165, 1.54) is 57.0 Å². The summed E-state index contributed by atoms with van der Waals surface area (Å²) >= 11 is 0. The van der Waals surface area contributed by atoms with Crippen LogP contribution in [0.25, 0.3) is 11.0 Å². The first-order chi connectivity index (χ1) is 11.9. The summed E-state index contributed by atoms with van der Waals surface area (Å²) in [5.74, 6) is 0.834. The molecule has 1 aliphatic heterocycles. The molecule has 3 aliphatic rings. The second-order valence-corrected chi connectivity index (χ2v) is 9.90. The van der Waals surface area contributed by atoms with Gasteiger partial charge in [-0.2, -0.15) is 0 Å². The second kappa shape index (κ2) is 5.06. The maximum absolute atomic E-state index is 4.70. The first kappa shape index (κ1) is 15.8. The molecule has 1 aromatic carbocycles. The minimum Gasteiger partial charge on any atom is -0.273 e. The summed E-state index contributed by atoms with van der Waals surface area (Å²) in [6.45, 7) is 8.68. The number of hydrogen-bond acceptors (Lipinski definition) is 3. The molecule has 2 bridgehead atoms. The van der Waals surface area contributed by atoms with Crippen LogP contribution in [0.2, 0.25) is 0 Å². The fourth-order valence-electron chi connectivity index (χ4n) is 6.85. The molecule has 1 aromatic heterocycles. The number of hydrogen-bond donors (Lipinski definition) is 0. The predicted molar refractivity (Wildman–Crippen MR) is 100 cm³/mol. The molecule has 5 rings (SSSR count). The monoisotopic (exact) mass is 338 g/mol. The average Bonchev–Trinajstić information content (AvgIpc) is 3.22. The number of likely N-dealkylation sites (tertiary alicyclic amines) is 1. The van der Waals surface area contributed by atoms with E-state index in [9.17, 15) is 0 Å². The molecule has 0 spiro atoms. The van der Waals surface area contributed by atoms with Gasteiger partial charge in [0, 0.05) is 12.1 Å². The molecular weight excluding hydrogens is 308 g/mol. The van der Waals surface area contributed by atoms with Gasteiger partial charge in [0.15, 0.2) is 0 Å². The van der Waals surface area contributed by atoms with Gasteiger partial charge in [0.05, 0.1) is 5.52 Å². The first-order valence-electron chi connectivity index (χ1n) is 10.0. The first-order valence-corrected chi connectivity index (χ1v) is 10.0. The molecule has 134 valence electrons. The number of rotatable bonds is 2. The van der Waals surface area contributed by atoms with Gasteiger partial charge in [0.1, 0.15) is 11.2 Å². The van der Waals surface area contributed by atoms with Crippen molar-refractivity contribution in [3.05, 3.63) is 24.3 Å². The largest absolute Gasteiger partial charge is 0.273 e. The Labute approximate surface area is 150 Å². The smallest absolute Gasteiger partial charge is 0.118 e. The molecular formula is C21H30N4. The molecule has 2 heterocycles. The van der Waals surface area contributed by atoms with Gasteiger partial charge in [0.25, 0.3) is 0 Å². The van der Waals surface area contributed by atoms with Crippen molar-refractivity contribution in [1.29, 1.82) is 0 Å². The second-order valence-electron chi connectivity index (χ2n) is 9.90. The highest BCUT2D eigenvalue weighted by Crippen LogP contribution is 2.57. The molecule has 2 saturated carbocycles. The molecule has 0 radical (unpaired) electrons. The summed E-state index contributed by atoms with van der Waals surface area (Å²) in [6.07, 6.45) is 9.04. The highest BCUT2D eigenvalue weighted by Gasteiger charge is 2.58. The highest BCUT2D eigenvalue weighted by atomic mass is 15.5. The Morgan fingerprint density at radius 3 is 2.60 bits per heavy atom. The van der Waals surface area contributed by atoms with Gasteiger partial charge in [-0.15, -0.1) is 5.10 Å². The van der Waals surface area contributed by atoms with Crippen LogP contribution in [0.4, 0.5) is 0 Å². The normalized spacial score (nSPS) is 34.0. The van der Waals surface area contributed by atoms with Crippen molar-refractivity contribution in [2.45, 2.75) is 76.9 Å². The Kier molecular flexibility index (Phi) is 3.20. The van der Waals surface area contributed by atoms with E-state index >= 15 is 0 Å². The molecule has 2 aliphatic carbocycles. The quantitative estimate of drug-likeness (QED) is 0.805. The molecule has 4 nitrogen and oxygen atoms in total. The zero-order chi connectivity index (χ0) is 17.3. The summed E-state index contributed by atoms with van der Waals surface area (Å²) in [6, 6.07) is 8.48. The van der Waals surface area contributed by atoms with Crippen LogP contribution in [0.15, 0.2) is 24.3 Å².